The lowest BCUT2D eigenvalue weighted by atomic mass is 10.1. The van der Waals surface area contributed by atoms with Gasteiger partial charge in [-0.1, -0.05) is 36.4 Å². The molecule has 0 saturated heterocycles. The maximum absolute atomic E-state index is 12.0. The van der Waals surface area contributed by atoms with Crippen LogP contribution in [-0.4, -0.2) is 45.2 Å². The number of carbonyl (C=O) groups excluding carboxylic acids is 1. The number of rotatable bonds is 10. The van der Waals surface area contributed by atoms with Gasteiger partial charge in [-0.05, 0) is 43.5 Å². The summed E-state index contributed by atoms with van der Waals surface area (Å²) >= 11 is 0. The number of ether oxygens (including phenoxy) is 1. The molecule has 0 spiro atoms. The molecule has 2 aromatic rings. The summed E-state index contributed by atoms with van der Waals surface area (Å²) in [6.45, 7) is 4.83. The summed E-state index contributed by atoms with van der Waals surface area (Å²) in [5.74, 6) is 1.64. The van der Waals surface area contributed by atoms with E-state index in [1.165, 1.54) is 0 Å². The molecule has 2 rings (SSSR count). The van der Waals surface area contributed by atoms with Crippen molar-refractivity contribution < 1.29 is 9.53 Å². The molecule has 28 heavy (non-hydrogen) atoms. The molecule has 6 heteroatoms. The van der Waals surface area contributed by atoms with E-state index in [0.717, 1.165) is 43.2 Å². The van der Waals surface area contributed by atoms with Gasteiger partial charge in [0.2, 0.25) is 0 Å². The topological polar surface area (TPSA) is 74.8 Å². The number of aliphatic imine (C=N–C) groups is 1. The molecule has 0 fully saturated rings. The highest BCUT2D eigenvalue weighted by Crippen LogP contribution is 2.17. The van der Waals surface area contributed by atoms with Crippen LogP contribution in [0.4, 0.5) is 0 Å². The molecule has 0 aliphatic carbocycles. The zero-order chi connectivity index (χ0) is 20.0. The molecule has 0 aromatic heterocycles. The van der Waals surface area contributed by atoms with Crippen LogP contribution in [0.3, 0.4) is 0 Å². The largest absolute Gasteiger partial charge is 0.496 e. The number of carbonyl (C=O) groups is 1. The molecule has 1 amide bonds. The Morgan fingerprint density at radius 1 is 0.964 bits per heavy atom. The highest BCUT2D eigenvalue weighted by atomic mass is 16.5. The predicted molar refractivity (Wildman–Crippen MR) is 114 cm³/mol. The van der Waals surface area contributed by atoms with Crippen LogP contribution in [0.25, 0.3) is 0 Å². The lowest BCUT2D eigenvalue weighted by Crippen LogP contribution is -2.38. The molecule has 0 heterocycles. The Labute approximate surface area is 167 Å². The molecule has 0 unspecified atom stereocenters. The molecular weight excluding hydrogens is 352 g/mol. The molecular formula is C22H30N4O2. The quantitative estimate of drug-likeness (QED) is 0.335. The summed E-state index contributed by atoms with van der Waals surface area (Å²) in [5, 5.41) is 9.50. The Kier molecular flexibility index (Phi) is 9.41. The highest BCUT2D eigenvalue weighted by Gasteiger charge is 2.04. The van der Waals surface area contributed by atoms with E-state index in [9.17, 15) is 4.79 Å². The van der Waals surface area contributed by atoms with Gasteiger partial charge in [0.1, 0.15) is 5.75 Å². The Hall–Kier alpha value is -3.02. The van der Waals surface area contributed by atoms with Crippen LogP contribution >= 0.6 is 0 Å². The number of para-hydroxylation sites is 1. The maximum atomic E-state index is 12.0. The van der Waals surface area contributed by atoms with E-state index < -0.39 is 0 Å². The van der Waals surface area contributed by atoms with Gasteiger partial charge in [0.15, 0.2) is 5.96 Å². The minimum Gasteiger partial charge on any atom is -0.496 e. The molecule has 0 atom stereocenters. The van der Waals surface area contributed by atoms with Crippen LogP contribution in [0.2, 0.25) is 0 Å². The number of hydrogen-bond acceptors (Lipinski definition) is 3. The van der Waals surface area contributed by atoms with Gasteiger partial charge in [-0.15, -0.1) is 0 Å². The van der Waals surface area contributed by atoms with Gasteiger partial charge in [0.05, 0.1) is 7.11 Å². The van der Waals surface area contributed by atoms with Gasteiger partial charge in [0, 0.05) is 31.7 Å². The second-order valence-electron chi connectivity index (χ2n) is 6.22. The number of methoxy groups -OCH3 is 1. The number of hydrogen-bond donors (Lipinski definition) is 3. The van der Waals surface area contributed by atoms with E-state index in [1.54, 1.807) is 7.11 Å². The van der Waals surface area contributed by atoms with Crippen LogP contribution in [-0.2, 0) is 6.42 Å². The van der Waals surface area contributed by atoms with E-state index >= 15 is 0 Å². The normalized spacial score (nSPS) is 11.0. The lowest BCUT2D eigenvalue weighted by Gasteiger charge is -2.13. The van der Waals surface area contributed by atoms with Crippen molar-refractivity contribution in [3.63, 3.8) is 0 Å². The lowest BCUT2D eigenvalue weighted by molar-refractivity contribution is 0.0953. The first kappa shape index (κ1) is 21.3. The van der Waals surface area contributed by atoms with Crippen molar-refractivity contribution >= 4 is 11.9 Å². The van der Waals surface area contributed by atoms with E-state index in [4.69, 9.17) is 4.74 Å². The van der Waals surface area contributed by atoms with Gasteiger partial charge in [-0.3, -0.25) is 9.79 Å². The molecule has 0 saturated carbocycles. The van der Waals surface area contributed by atoms with Crippen molar-refractivity contribution in [2.45, 2.75) is 19.8 Å². The summed E-state index contributed by atoms with van der Waals surface area (Å²) in [4.78, 5) is 16.6. The van der Waals surface area contributed by atoms with Crippen molar-refractivity contribution in [1.29, 1.82) is 0 Å². The maximum Gasteiger partial charge on any atom is 0.251 e. The fourth-order valence-corrected chi connectivity index (χ4v) is 2.73. The molecule has 0 bridgehead atoms. The molecule has 2 aromatic carbocycles. The van der Waals surface area contributed by atoms with E-state index in [2.05, 4.69) is 27.0 Å². The standard InChI is InChI=1S/C22H30N4O2/c1-3-23-22(26-17-14-18-10-7-8-13-20(18)28-2)25-16-9-15-24-21(27)19-11-5-4-6-12-19/h4-8,10-13H,3,9,14-17H2,1-2H3,(H,24,27)(H2,23,25,26). The Bertz CT molecular complexity index is 747. The fourth-order valence-electron chi connectivity index (χ4n) is 2.73. The van der Waals surface area contributed by atoms with Crippen LogP contribution in [0, 0.1) is 0 Å². The molecule has 0 radical (unpaired) electrons. The second kappa shape index (κ2) is 12.4. The van der Waals surface area contributed by atoms with Crippen LogP contribution in [0.1, 0.15) is 29.3 Å². The highest BCUT2D eigenvalue weighted by molar-refractivity contribution is 5.94. The molecule has 3 N–H and O–H groups in total. The van der Waals surface area contributed by atoms with E-state index in [1.807, 2.05) is 55.5 Å². The average Bonchev–Trinajstić information content (AvgIpc) is 2.74. The summed E-state index contributed by atoms with van der Waals surface area (Å²) in [5.41, 5.74) is 1.84. The third-order valence-corrected chi connectivity index (χ3v) is 4.15. The summed E-state index contributed by atoms with van der Waals surface area (Å²) in [6, 6.07) is 17.3. The number of benzene rings is 2. The first-order valence-electron chi connectivity index (χ1n) is 9.72. The number of nitrogens with one attached hydrogen (secondary N) is 3. The first-order chi connectivity index (χ1) is 13.7. The van der Waals surface area contributed by atoms with Crippen molar-refractivity contribution in [2.75, 3.05) is 33.3 Å². The zero-order valence-electron chi connectivity index (χ0n) is 16.7. The summed E-state index contributed by atoms with van der Waals surface area (Å²) < 4.78 is 5.39. The van der Waals surface area contributed by atoms with Gasteiger partial charge >= 0.3 is 0 Å². The summed E-state index contributed by atoms with van der Waals surface area (Å²) in [6.07, 6.45) is 1.63. The van der Waals surface area contributed by atoms with Crippen molar-refractivity contribution in [2.24, 2.45) is 4.99 Å². The minimum atomic E-state index is -0.0496. The first-order valence-corrected chi connectivity index (χ1v) is 9.72. The van der Waals surface area contributed by atoms with Crippen LogP contribution < -0.4 is 20.7 Å². The SMILES string of the molecule is CCNC(=NCCCNC(=O)c1ccccc1)NCCc1ccccc1OC. The Morgan fingerprint density at radius 2 is 1.71 bits per heavy atom. The van der Waals surface area contributed by atoms with Crippen molar-refractivity contribution in [3.8, 4) is 5.75 Å². The minimum absolute atomic E-state index is 0.0496. The number of amides is 1. The van der Waals surface area contributed by atoms with Gasteiger partial charge < -0.3 is 20.7 Å². The van der Waals surface area contributed by atoms with E-state index in [0.29, 0.717) is 18.7 Å². The van der Waals surface area contributed by atoms with Gasteiger partial charge in [-0.25, -0.2) is 0 Å². The molecule has 0 aliphatic heterocycles. The number of guanidine groups is 1. The van der Waals surface area contributed by atoms with Crippen molar-refractivity contribution in [1.82, 2.24) is 16.0 Å². The molecule has 0 aliphatic rings. The number of nitrogens with zero attached hydrogens (tertiary/aromatic N) is 1. The predicted octanol–water partition coefficient (Wildman–Crippen LogP) is 2.61. The van der Waals surface area contributed by atoms with Gasteiger partial charge in [0.25, 0.3) is 5.91 Å². The Balaban J connectivity index is 1.72. The smallest absolute Gasteiger partial charge is 0.251 e. The molecule has 6 nitrogen and oxygen atoms in total. The second-order valence-corrected chi connectivity index (χ2v) is 6.22. The third kappa shape index (κ3) is 7.31. The summed E-state index contributed by atoms with van der Waals surface area (Å²) in [7, 11) is 1.69. The third-order valence-electron chi connectivity index (χ3n) is 4.15. The van der Waals surface area contributed by atoms with Gasteiger partial charge in [-0.2, -0.15) is 0 Å². The van der Waals surface area contributed by atoms with Crippen LogP contribution in [0.15, 0.2) is 59.6 Å². The zero-order valence-corrected chi connectivity index (χ0v) is 16.7. The molecule has 150 valence electrons. The fraction of sp³-hybridized carbons (Fsp3) is 0.364. The Morgan fingerprint density at radius 3 is 2.46 bits per heavy atom. The van der Waals surface area contributed by atoms with E-state index in [-0.39, 0.29) is 5.91 Å². The van der Waals surface area contributed by atoms with Crippen LogP contribution in [0.5, 0.6) is 5.75 Å². The van der Waals surface area contributed by atoms with Crippen molar-refractivity contribution in [3.05, 3.63) is 65.7 Å². The average molecular weight is 383 g/mol. The monoisotopic (exact) mass is 382 g/mol.